The Morgan fingerprint density at radius 3 is 2.76 bits per heavy atom. The number of rotatable bonds is 3. The van der Waals surface area contributed by atoms with Crippen LogP contribution in [0.2, 0.25) is 0 Å². The zero-order valence-corrected chi connectivity index (χ0v) is 13.1. The van der Waals surface area contributed by atoms with Crippen LogP contribution in [0.5, 0.6) is 5.75 Å². The van der Waals surface area contributed by atoms with Gasteiger partial charge in [-0.2, -0.15) is 0 Å². The predicted octanol–water partition coefficient (Wildman–Crippen LogP) is 4.32. The van der Waals surface area contributed by atoms with Gasteiger partial charge in [-0.1, -0.05) is 37.9 Å². The molecule has 1 fully saturated rings. The van der Waals surface area contributed by atoms with Gasteiger partial charge in [-0.3, -0.25) is 0 Å². The summed E-state index contributed by atoms with van der Waals surface area (Å²) in [6, 6.07) is 6.10. The lowest BCUT2D eigenvalue weighted by molar-refractivity contribution is 0.105. The van der Waals surface area contributed by atoms with Gasteiger partial charge in [0.2, 0.25) is 0 Å². The lowest BCUT2D eigenvalue weighted by Crippen LogP contribution is -2.16. The van der Waals surface area contributed by atoms with Gasteiger partial charge in [-0.25, -0.2) is 0 Å². The number of ether oxygens (including phenoxy) is 2. The first kappa shape index (κ1) is 13.4. The fourth-order valence-corrected chi connectivity index (χ4v) is 4.23. The average molecular weight is 364 g/mol. The van der Waals surface area contributed by atoms with E-state index in [-0.39, 0.29) is 0 Å². The Morgan fingerprint density at radius 2 is 2.24 bits per heavy atom. The third-order valence-corrected chi connectivity index (χ3v) is 5.17. The van der Waals surface area contributed by atoms with Crippen molar-refractivity contribution in [3.05, 3.63) is 28.2 Å². The second kappa shape index (κ2) is 5.72. The van der Waals surface area contributed by atoms with Crippen molar-refractivity contribution >= 4 is 31.9 Å². The van der Waals surface area contributed by atoms with E-state index in [4.69, 9.17) is 9.47 Å². The Hall–Kier alpha value is -0.0600. The Bertz CT molecular complexity index is 395. The fraction of sp³-hybridized carbons (Fsp3) is 0.538. The molecule has 1 aromatic rings. The van der Waals surface area contributed by atoms with Crippen LogP contribution < -0.4 is 4.74 Å². The molecular weight excluding hydrogens is 348 g/mol. The SMILES string of the molecule is COc1ccc(C(Br)C2CCOC2C)c(Br)c1. The lowest BCUT2D eigenvalue weighted by atomic mass is 9.94. The molecule has 2 nitrogen and oxygen atoms in total. The Balaban J connectivity index is 2.21. The average Bonchev–Trinajstić information content (AvgIpc) is 2.74. The highest BCUT2D eigenvalue weighted by Crippen LogP contribution is 2.42. The van der Waals surface area contributed by atoms with Crippen molar-refractivity contribution < 1.29 is 9.47 Å². The summed E-state index contributed by atoms with van der Waals surface area (Å²) in [6.45, 7) is 3.01. The number of hydrogen-bond donors (Lipinski definition) is 0. The molecular formula is C13H16Br2O2. The van der Waals surface area contributed by atoms with Gasteiger partial charge in [0.1, 0.15) is 5.75 Å². The number of benzene rings is 1. The Labute approximate surface area is 119 Å². The maximum atomic E-state index is 5.62. The van der Waals surface area contributed by atoms with Gasteiger partial charge < -0.3 is 9.47 Å². The van der Waals surface area contributed by atoms with Gasteiger partial charge in [0.15, 0.2) is 0 Å². The van der Waals surface area contributed by atoms with E-state index in [9.17, 15) is 0 Å². The number of methoxy groups -OCH3 is 1. The van der Waals surface area contributed by atoms with Gasteiger partial charge in [-0.05, 0) is 31.0 Å². The molecule has 0 aliphatic carbocycles. The minimum absolute atomic E-state index is 0.313. The summed E-state index contributed by atoms with van der Waals surface area (Å²) in [5, 5.41) is 0. The fourth-order valence-electron chi connectivity index (χ4n) is 2.22. The molecule has 2 rings (SSSR count). The molecule has 0 spiro atoms. The molecule has 1 aliphatic rings. The van der Waals surface area contributed by atoms with Gasteiger partial charge in [0.25, 0.3) is 0 Å². The molecule has 0 aromatic heterocycles. The molecule has 17 heavy (non-hydrogen) atoms. The zero-order chi connectivity index (χ0) is 12.4. The van der Waals surface area contributed by atoms with Crippen LogP contribution in [0.25, 0.3) is 0 Å². The molecule has 1 aromatic carbocycles. The molecule has 1 heterocycles. The predicted molar refractivity (Wildman–Crippen MR) is 75.9 cm³/mol. The summed E-state index contributed by atoms with van der Waals surface area (Å²) in [5.74, 6) is 1.40. The molecule has 4 heteroatoms. The lowest BCUT2D eigenvalue weighted by Gasteiger charge is -2.22. The van der Waals surface area contributed by atoms with Crippen molar-refractivity contribution in [2.45, 2.75) is 24.3 Å². The van der Waals surface area contributed by atoms with Crippen LogP contribution in [0.1, 0.15) is 23.7 Å². The summed E-state index contributed by atoms with van der Waals surface area (Å²) in [6.07, 6.45) is 1.42. The van der Waals surface area contributed by atoms with Crippen molar-refractivity contribution in [2.75, 3.05) is 13.7 Å². The van der Waals surface area contributed by atoms with Crippen LogP contribution in [0.4, 0.5) is 0 Å². The summed E-state index contributed by atoms with van der Waals surface area (Å²) >= 11 is 7.40. The van der Waals surface area contributed by atoms with Crippen LogP contribution in [-0.4, -0.2) is 19.8 Å². The van der Waals surface area contributed by atoms with Crippen LogP contribution >= 0.6 is 31.9 Å². The van der Waals surface area contributed by atoms with E-state index >= 15 is 0 Å². The second-order valence-corrected chi connectivity index (χ2v) is 6.16. The van der Waals surface area contributed by atoms with E-state index in [0.29, 0.717) is 16.8 Å². The Kier molecular flexibility index (Phi) is 4.50. The second-order valence-electron chi connectivity index (χ2n) is 4.32. The van der Waals surface area contributed by atoms with E-state index in [0.717, 1.165) is 23.2 Å². The molecule has 94 valence electrons. The van der Waals surface area contributed by atoms with Crippen molar-refractivity contribution in [3.63, 3.8) is 0 Å². The molecule has 3 unspecified atom stereocenters. The quantitative estimate of drug-likeness (QED) is 0.744. The zero-order valence-electron chi connectivity index (χ0n) is 9.95. The van der Waals surface area contributed by atoms with Crippen molar-refractivity contribution in [3.8, 4) is 5.75 Å². The van der Waals surface area contributed by atoms with E-state index < -0.39 is 0 Å². The molecule has 0 saturated carbocycles. The maximum absolute atomic E-state index is 5.62. The summed E-state index contributed by atoms with van der Waals surface area (Å²) < 4.78 is 11.9. The van der Waals surface area contributed by atoms with Crippen LogP contribution in [0, 0.1) is 5.92 Å². The number of hydrogen-bond acceptors (Lipinski definition) is 2. The van der Waals surface area contributed by atoms with Gasteiger partial charge in [-0.15, -0.1) is 0 Å². The van der Waals surface area contributed by atoms with Crippen molar-refractivity contribution in [1.29, 1.82) is 0 Å². The van der Waals surface area contributed by atoms with Crippen molar-refractivity contribution in [1.82, 2.24) is 0 Å². The minimum atomic E-state index is 0.313. The van der Waals surface area contributed by atoms with Crippen LogP contribution in [0.3, 0.4) is 0 Å². The third kappa shape index (κ3) is 2.85. The van der Waals surface area contributed by atoms with Gasteiger partial charge >= 0.3 is 0 Å². The van der Waals surface area contributed by atoms with Gasteiger partial charge in [0, 0.05) is 21.8 Å². The van der Waals surface area contributed by atoms with E-state index in [1.165, 1.54) is 5.56 Å². The smallest absolute Gasteiger partial charge is 0.120 e. The number of alkyl halides is 1. The van der Waals surface area contributed by atoms with Crippen molar-refractivity contribution in [2.24, 2.45) is 5.92 Å². The van der Waals surface area contributed by atoms with E-state index in [1.54, 1.807) is 7.11 Å². The highest BCUT2D eigenvalue weighted by atomic mass is 79.9. The normalized spacial score (nSPS) is 25.9. The highest BCUT2D eigenvalue weighted by Gasteiger charge is 2.32. The largest absolute Gasteiger partial charge is 0.497 e. The molecule has 0 N–H and O–H groups in total. The van der Waals surface area contributed by atoms with Gasteiger partial charge in [0.05, 0.1) is 13.2 Å². The first-order valence-electron chi connectivity index (χ1n) is 5.72. The van der Waals surface area contributed by atoms with E-state index in [1.807, 2.05) is 12.1 Å². The Morgan fingerprint density at radius 1 is 1.47 bits per heavy atom. The molecule has 0 bridgehead atoms. The summed E-state index contributed by atoms with van der Waals surface area (Å²) in [7, 11) is 1.68. The molecule has 3 atom stereocenters. The first-order chi connectivity index (χ1) is 8.13. The molecule has 0 amide bonds. The van der Waals surface area contributed by atoms with E-state index in [2.05, 4.69) is 44.8 Å². The van der Waals surface area contributed by atoms with Crippen LogP contribution in [0.15, 0.2) is 22.7 Å². The first-order valence-corrected chi connectivity index (χ1v) is 7.43. The minimum Gasteiger partial charge on any atom is -0.497 e. The maximum Gasteiger partial charge on any atom is 0.120 e. The monoisotopic (exact) mass is 362 g/mol. The number of halogens is 2. The summed E-state index contributed by atoms with van der Waals surface area (Å²) in [4.78, 5) is 0.320. The third-order valence-electron chi connectivity index (χ3n) is 3.32. The topological polar surface area (TPSA) is 18.5 Å². The standard InChI is InChI=1S/C13H16Br2O2/c1-8-10(5-6-17-8)13(15)11-4-3-9(16-2)7-12(11)14/h3-4,7-8,10,13H,5-6H2,1-2H3. The molecule has 1 aliphatic heterocycles. The molecule has 1 saturated heterocycles. The molecule has 0 radical (unpaired) electrons. The van der Waals surface area contributed by atoms with Crippen LogP contribution in [-0.2, 0) is 4.74 Å². The summed E-state index contributed by atoms with van der Waals surface area (Å²) in [5.41, 5.74) is 1.26. The highest BCUT2D eigenvalue weighted by molar-refractivity contribution is 9.11.